The highest BCUT2D eigenvalue weighted by Gasteiger charge is 2.53. The number of allylic oxidation sites excluding steroid dienone is 6. The summed E-state index contributed by atoms with van der Waals surface area (Å²) in [5.41, 5.74) is 6.50. The molecule has 0 aromatic carbocycles. The molecular formula is C60H94N2O16. The summed E-state index contributed by atoms with van der Waals surface area (Å²) in [6, 6.07) is -2.20. The number of hydrogen-bond acceptors (Lipinski definition) is 17. The zero-order valence-corrected chi connectivity index (χ0v) is 48.9. The van der Waals surface area contributed by atoms with Gasteiger partial charge in [-0.25, -0.2) is 4.79 Å². The van der Waals surface area contributed by atoms with Gasteiger partial charge < -0.3 is 54.0 Å². The van der Waals surface area contributed by atoms with Crippen LogP contribution in [0.1, 0.15) is 159 Å². The number of nitrogens with two attached hydrogens (primary N) is 1. The number of hydrogen-bond donors (Lipinski definition) is 3. The summed E-state index contributed by atoms with van der Waals surface area (Å²) >= 11 is 0. The van der Waals surface area contributed by atoms with E-state index in [1.807, 2.05) is 51.2 Å². The number of fused-ring (bicyclic) bond motifs is 3. The van der Waals surface area contributed by atoms with E-state index in [4.69, 9.17) is 38.9 Å². The summed E-state index contributed by atoms with van der Waals surface area (Å²) < 4.78 is 41.0. The van der Waals surface area contributed by atoms with Crippen LogP contribution < -0.4 is 5.73 Å². The molecule has 0 aromatic rings. The highest BCUT2D eigenvalue weighted by atomic mass is 16.6. The van der Waals surface area contributed by atoms with Crippen LogP contribution in [0.25, 0.3) is 0 Å². The second-order valence-electron chi connectivity index (χ2n) is 23.7. The van der Waals surface area contributed by atoms with Crippen LogP contribution in [-0.4, -0.2) is 150 Å². The molecule has 4 N–H and O–H groups in total. The predicted octanol–water partition coefficient (Wildman–Crippen LogP) is 7.18. The molecule has 0 spiro atoms. The molecule has 4 aliphatic rings. The summed E-state index contributed by atoms with van der Waals surface area (Å²) in [4.78, 5) is 98.1. The van der Waals surface area contributed by atoms with Crippen molar-refractivity contribution in [2.45, 2.75) is 225 Å². The summed E-state index contributed by atoms with van der Waals surface area (Å²) in [5, 5.41) is 23.6. The highest BCUT2D eigenvalue weighted by molar-refractivity contribution is 6.39. The van der Waals surface area contributed by atoms with Gasteiger partial charge in [-0.05, 0) is 134 Å². The molecule has 3 aliphatic heterocycles. The lowest BCUT2D eigenvalue weighted by molar-refractivity contribution is -0.265. The summed E-state index contributed by atoms with van der Waals surface area (Å²) in [7, 11) is 4.46. The molecule has 0 aromatic heterocycles. The Kier molecular flexibility index (Phi) is 25.8. The molecule has 3 fully saturated rings. The van der Waals surface area contributed by atoms with Crippen LogP contribution in [0.15, 0.2) is 47.6 Å². The van der Waals surface area contributed by atoms with Gasteiger partial charge in [-0.15, -0.1) is 0 Å². The smallest absolute Gasteiger partial charge is 0.329 e. The number of carbonyl (C=O) groups excluding carboxylic acids is 7. The van der Waals surface area contributed by atoms with E-state index >= 15 is 0 Å². The Labute approximate surface area is 463 Å². The van der Waals surface area contributed by atoms with Crippen LogP contribution in [-0.2, 0) is 66.7 Å². The molecule has 0 unspecified atom stereocenters. The quantitative estimate of drug-likeness (QED) is 0.0801. The molecule has 18 heteroatoms. The number of rotatable bonds is 11. The van der Waals surface area contributed by atoms with Crippen molar-refractivity contribution in [2.75, 3.05) is 27.9 Å². The fraction of sp³-hybridized carbons (Fsp3) is 0.750. The zero-order chi connectivity index (χ0) is 58.2. The van der Waals surface area contributed by atoms with Gasteiger partial charge in [0.15, 0.2) is 5.78 Å². The van der Waals surface area contributed by atoms with Crippen molar-refractivity contribution in [1.82, 2.24) is 4.90 Å². The van der Waals surface area contributed by atoms with E-state index in [-0.39, 0.29) is 55.6 Å². The van der Waals surface area contributed by atoms with Crippen LogP contribution in [0.5, 0.6) is 0 Å². The summed E-state index contributed by atoms with van der Waals surface area (Å²) in [5.74, 6) is -9.72. The first-order chi connectivity index (χ1) is 36.6. The van der Waals surface area contributed by atoms with Gasteiger partial charge in [0.1, 0.15) is 47.9 Å². The van der Waals surface area contributed by atoms with E-state index in [0.29, 0.717) is 69.8 Å². The first kappa shape index (κ1) is 66.1. The molecule has 1 aliphatic carbocycles. The summed E-state index contributed by atoms with van der Waals surface area (Å²) in [6.45, 7) is 17.8. The maximum absolute atomic E-state index is 14.6. The van der Waals surface area contributed by atoms with E-state index in [9.17, 15) is 43.8 Å². The van der Waals surface area contributed by atoms with Gasteiger partial charge in [-0.3, -0.25) is 28.8 Å². The number of cyclic esters (lactones) is 1. The van der Waals surface area contributed by atoms with E-state index in [0.717, 1.165) is 5.57 Å². The lowest BCUT2D eigenvalue weighted by Crippen LogP contribution is -2.61. The second-order valence-corrected chi connectivity index (χ2v) is 23.7. The van der Waals surface area contributed by atoms with Gasteiger partial charge in [0.25, 0.3) is 11.7 Å². The predicted molar refractivity (Wildman–Crippen MR) is 292 cm³/mol. The third-order valence-corrected chi connectivity index (χ3v) is 16.1. The topological polar surface area (TPSA) is 254 Å². The Morgan fingerprint density at radius 2 is 1.58 bits per heavy atom. The van der Waals surface area contributed by atoms with Crippen LogP contribution >= 0.6 is 0 Å². The fourth-order valence-electron chi connectivity index (χ4n) is 11.2. The number of aliphatic hydroxyl groups is 2. The second kappa shape index (κ2) is 30.4. The maximum Gasteiger partial charge on any atom is 0.329 e. The first-order valence-corrected chi connectivity index (χ1v) is 28.3. The Bertz CT molecular complexity index is 2180. The van der Waals surface area contributed by atoms with Gasteiger partial charge >= 0.3 is 17.9 Å². The van der Waals surface area contributed by atoms with Crippen LogP contribution in [0, 0.1) is 35.5 Å². The van der Waals surface area contributed by atoms with Crippen LogP contribution in [0.3, 0.4) is 0 Å². The van der Waals surface area contributed by atoms with Crippen molar-refractivity contribution >= 4 is 41.2 Å². The van der Waals surface area contributed by atoms with Crippen molar-refractivity contribution in [1.29, 1.82) is 0 Å². The third kappa shape index (κ3) is 18.8. The van der Waals surface area contributed by atoms with E-state index in [1.54, 1.807) is 61.7 Å². The molecule has 2 bridgehead atoms. The SMILES string of the molecule is CO[C@H]1C[C@@H]2CC[C@@H](C)[C@@](O)(O2)C(=O)C(=O)N2CCCC[C@H]2C(=O)O[C@H]([C@H](C)C[C@@H]2CC[C@@H](OC(=O)CC[C@H](N)C(=O)OC(C)(C)C)[C@H](OC)C2)CC(=O)[C@H](C)/C=C(\C)[C@@H](O)[C@@H](OC)C(=O)[C@H](C)C[C@H](C)/C=C/C=C/C=C/1C. The largest absolute Gasteiger partial charge is 0.460 e. The average molecular weight is 1100 g/mol. The first-order valence-electron chi connectivity index (χ1n) is 28.3. The molecule has 1 amide bonds. The number of aliphatic hydroxyl groups excluding tert-OH is 1. The molecule has 18 nitrogen and oxygen atoms in total. The lowest BCUT2D eigenvalue weighted by atomic mass is 9.78. The Morgan fingerprint density at radius 3 is 2.23 bits per heavy atom. The van der Waals surface area contributed by atoms with E-state index in [2.05, 4.69) is 0 Å². The van der Waals surface area contributed by atoms with Gasteiger partial charge in [0.2, 0.25) is 5.79 Å². The fourth-order valence-corrected chi connectivity index (χ4v) is 11.2. The minimum atomic E-state index is -2.47. The Balaban J connectivity index is 1.64. The number of piperidine rings is 1. The van der Waals surface area contributed by atoms with E-state index < -0.39 is 119 Å². The van der Waals surface area contributed by atoms with E-state index in [1.165, 1.54) is 19.1 Å². The van der Waals surface area contributed by atoms with Crippen molar-refractivity contribution in [3.63, 3.8) is 0 Å². The number of ether oxygens (including phenoxy) is 7. The molecule has 3 heterocycles. The minimum Gasteiger partial charge on any atom is -0.460 e. The highest BCUT2D eigenvalue weighted by Crippen LogP contribution is 2.38. The number of methoxy groups -OCH3 is 3. The maximum atomic E-state index is 14.6. The molecule has 0 radical (unpaired) electrons. The number of carbonyl (C=O) groups is 7. The molecule has 78 heavy (non-hydrogen) atoms. The van der Waals surface area contributed by atoms with Gasteiger partial charge in [0, 0.05) is 64.9 Å². The molecule has 2 saturated heterocycles. The Hall–Kier alpha value is -4.43. The molecule has 440 valence electrons. The van der Waals surface area contributed by atoms with Crippen molar-refractivity contribution in [2.24, 2.45) is 41.2 Å². The average Bonchev–Trinajstić information content (AvgIpc) is 3.44. The van der Waals surface area contributed by atoms with Gasteiger partial charge in [0.05, 0.1) is 18.3 Å². The Morgan fingerprint density at radius 1 is 0.872 bits per heavy atom. The molecule has 1 saturated carbocycles. The number of nitrogens with zero attached hydrogens (tertiary/aromatic N) is 1. The van der Waals surface area contributed by atoms with Crippen molar-refractivity contribution < 1.29 is 76.9 Å². The minimum absolute atomic E-state index is 0.00853. The lowest BCUT2D eigenvalue weighted by Gasteiger charge is -2.42. The number of amides is 1. The monoisotopic (exact) mass is 1100 g/mol. The van der Waals surface area contributed by atoms with Crippen molar-refractivity contribution in [3.8, 4) is 0 Å². The van der Waals surface area contributed by atoms with Crippen LogP contribution in [0.2, 0.25) is 0 Å². The van der Waals surface area contributed by atoms with Crippen molar-refractivity contribution in [3.05, 3.63) is 47.6 Å². The van der Waals surface area contributed by atoms with Crippen LogP contribution in [0.4, 0.5) is 0 Å². The van der Waals surface area contributed by atoms with Gasteiger partial charge in [-0.1, -0.05) is 71.1 Å². The number of ketones is 3. The summed E-state index contributed by atoms with van der Waals surface area (Å²) in [6.07, 6.45) is 9.97. The standard InChI is InChI=1S/C60H94N2O16/c1-35-19-15-14-16-20-36(2)48(72-11)33-43-24-22-41(7)60(71,77-43)55(67)56(68)62-28-18-17-21-45(62)58(70)76-49(34-46(63)37(3)30-40(6)53(66)54(74-13)52(65)39(5)29-35)38(4)31-42-23-26-47(50(32-42)73-12)75-51(64)27-25-44(61)57(69)78-59(8,9)10/h14-16,19-20,30,35,37-39,41-45,47-50,53-54,66,71H,17-18,21-29,31-34,61H2,1-13H3/b16-14+,19-15+,36-20+,40-30+/t35-,37-,38-,39-,41-,42+,43+,44+,45+,47-,48+,49+,50-,53-,54+,60-/m1/s1. The number of esters is 3. The molecular weight excluding hydrogens is 1000 g/mol. The normalized spacial score (nSPS) is 36.1. The third-order valence-electron chi connectivity index (χ3n) is 16.1. The molecule has 4 rings (SSSR count). The zero-order valence-electron chi connectivity index (χ0n) is 48.9. The van der Waals surface area contributed by atoms with Gasteiger partial charge in [-0.2, -0.15) is 0 Å². The molecule has 16 atom stereocenters. The number of Topliss-reactive ketones (excluding diaryl/α,β-unsaturated/α-hetero) is 3.